The Morgan fingerprint density at radius 2 is 1.74 bits per heavy atom. The van der Waals surface area contributed by atoms with Crippen molar-refractivity contribution in [2.75, 3.05) is 7.11 Å². The number of rotatable bonds is 5. The minimum absolute atomic E-state index is 0.0831. The van der Waals surface area contributed by atoms with Crippen LogP contribution in [0.5, 0.6) is 5.75 Å². The molecular formula is C33H34N2O2S. The molecule has 0 bridgehead atoms. The lowest BCUT2D eigenvalue weighted by molar-refractivity contribution is 0.283. The van der Waals surface area contributed by atoms with E-state index in [2.05, 4.69) is 56.3 Å². The lowest BCUT2D eigenvalue weighted by Crippen LogP contribution is -2.42. The molecule has 1 heterocycles. The summed E-state index contributed by atoms with van der Waals surface area (Å²) in [6.45, 7) is 4.28. The van der Waals surface area contributed by atoms with Crippen molar-refractivity contribution in [3.8, 4) is 22.7 Å². The quantitative estimate of drug-likeness (QED) is 0.200. The Morgan fingerprint density at radius 3 is 2.47 bits per heavy atom. The maximum Gasteiger partial charge on any atom is 0.263 e. The van der Waals surface area contributed by atoms with Crippen LogP contribution in [0.2, 0.25) is 0 Å². The zero-order valence-corrected chi connectivity index (χ0v) is 23.2. The molecule has 4 nitrogen and oxygen atoms in total. The molecule has 0 amide bonds. The molecule has 0 N–H and O–H groups in total. The van der Waals surface area contributed by atoms with Gasteiger partial charge in [0.2, 0.25) is 0 Å². The number of methoxy groups -OCH3 is 1. The first-order valence-electron chi connectivity index (χ1n) is 13.6. The highest BCUT2D eigenvalue weighted by atomic mass is 32.2. The number of benzene rings is 3. The van der Waals surface area contributed by atoms with E-state index in [1.807, 2.05) is 28.8 Å². The summed E-state index contributed by atoms with van der Waals surface area (Å²) < 4.78 is 7.26. The van der Waals surface area contributed by atoms with Crippen molar-refractivity contribution in [2.45, 2.75) is 68.7 Å². The van der Waals surface area contributed by atoms with Gasteiger partial charge in [-0.1, -0.05) is 79.1 Å². The second kappa shape index (κ2) is 10.1. The van der Waals surface area contributed by atoms with E-state index in [1.165, 1.54) is 28.7 Å². The van der Waals surface area contributed by atoms with E-state index in [-0.39, 0.29) is 11.0 Å². The van der Waals surface area contributed by atoms with E-state index >= 15 is 0 Å². The second-order valence-electron chi connectivity index (χ2n) is 10.9. The Kier molecular flexibility index (Phi) is 6.65. The number of aromatic nitrogens is 2. The fourth-order valence-electron chi connectivity index (χ4n) is 6.39. The molecule has 0 aliphatic heterocycles. The van der Waals surface area contributed by atoms with Crippen molar-refractivity contribution < 1.29 is 4.74 Å². The van der Waals surface area contributed by atoms with Crippen LogP contribution in [-0.2, 0) is 17.6 Å². The number of hydrogen-bond donors (Lipinski definition) is 0. The van der Waals surface area contributed by atoms with Gasteiger partial charge in [-0.05, 0) is 74.1 Å². The molecule has 0 atom stereocenters. The van der Waals surface area contributed by atoms with Crippen molar-refractivity contribution in [1.29, 1.82) is 0 Å². The zero-order chi connectivity index (χ0) is 26.3. The van der Waals surface area contributed by atoms with Gasteiger partial charge in [-0.25, -0.2) is 4.98 Å². The summed E-state index contributed by atoms with van der Waals surface area (Å²) in [7, 11) is 1.66. The molecule has 1 aromatic heterocycles. The molecule has 5 heteroatoms. The first kappa shape index (κ1) is 25.0. The summed E-state index contributed by atoms with van der Waals surface area (Å²) in [6, 6.07) is 22.9. The molecule has 38 heavy (non-hydrogen) atoms. The summed E-state index contributed by atoms with van der Waals surface area (Å²) in [5, 5.41) is 0.738. The van der Waals surface area contributed by atoms with Crippen molar-refractivity contribution >= 4 is 11.8 Å². The van der Waals surface area contributed by atoms with Crippen molar-refractivity contribution in [1.82, 2.24) is 9.55 Å². The van der Waals surface area contributed by atoms with Crippen LogP contribution in [0.25, 0.3) is 16.9 Å². The van der Waals surface area contributed by atoms with E-state index in [9.17, 15) is 4.79 Å². The number of nitrogens with zero attached hydrogens (tertiary/aromatic N) is 2. The van der Waals surface area contributed by atoms with Crippen LogP contribution in [-0.4, -0.2) is 16.7 Å². The van der Waals surface area contributed by atoms with Crippen molar-refractivity contribution in [3.05, 3.63) is 105 Å². The number of thioether (sulfide) groups is 1. The molecule has 2 aliphatic rings. The summed E-state index contributed by atoms with van der Waals surface area (Å²) in [4.78, 5) is 20.0. The highest BCUT2D eigenvalue weighted by Gasteiger charge is 2.43. The molecule has 1 fully saturated rings. The molecule has 1 saturated carbocycles. The van der Waals surface area contributed by atoms with Gasteiger partial charge < -0.3 is 4.74 Å². The van der Waals surface area contributed by atoms with Crippen molar-refractivity contribution in [2.24, 2.45) is 0 Å². The highest BCUT2D eigenvalue weighted by molar-refractivity contribution is 7.98. The molecule has 2 aliphatic carbocycles. The van der Waals surface area contributed by atoms with Gasteiger partial charge in [0.05, 0.1) is 24.1 Å². The number of aryl methyl sites for hydroxylation is 2. The minimum Gasteiger partial charge on any atom is -0.497 e. The second-order valence-corrected chi connectivity index (χ2v) is 11.8. The maximum atomic E-state index is 14.7. The lowest BCUT2D eigenvalue weighted by atomic mass is 9.62. The number of hydrogen-bond acceptors (Lipinski definition) is 4. The smallest absolute Gasteiger partial charge is 0.263 e. The monoisotopic (exact) mass is 522 g/mol. The predicted octanol–water partition coefficient (Wildman–Crippen LogP) is 7.58. The Hall–Kier alpha value is -3.31. The van der Waals surface area contributed by atoms with Crippen molar-refractivity contribution in [3.63, 3.8) is 0 Å². The fourth-order valence-corrected chi connectivity index (χ4v) is 7.48. The van der Waals surface area contributed by atoms with Crippen LogP contribution in [0.15, 0.2) is 76.7 Å². The van der Waals surface area contributed by atoms with Crippen LogP contribution in [0.3, 0.4) is 0 Å². The molecule has 6 rings (SSSR count). The van der Waals surface area contributed by atoms with E-state index in [0.717, 1.165) is 71.3 Å². The molecular weight excluding hydrogens is 488 g/mol. The Morgan fingerprint density at radius 1 is 0.974 bits per heavy atom. The van der Waals surface area contributed by atoms with Gasteiger partial charge in [0, 0.05) is 16.7 Å². The van der Waals surface area contributed by atoms with Gasteiger partial charge in [-0.3, -0.25) is 9.36 Å². The van der Waals surface area contributed by atoms with Gasteiger partial charge in [-0.15, -0.1) is 0 Å². The van der Waals surface area contributed by atoms with Gasteiger partial charge in [-0.2, -0.15) is 0 Å². The Labute approximate surface area is 229 Å². The van der Waals surface area contributed by atoms with Gasteiger partial charge in [0.1, 0.15) is 5.75 Å². The van der Waals surface area contributed by atoms with E-state index in [1.54, 1.807) is 18.9 Å². The summed E-state index contributed by atoms with van der Waals surface area (Å²) in [6.07, 6.45) is 6.57. The molecule has 1 spiro atoms. The third-order valence-corrected chi connectivity index (χ3v) is 9.37. The van der Waals surface area contributed by atoms with E-state index in [0.29, 0.717) is 0 Å². The minimum atomic E-state index is -0.142. The van der Waals surface area contributed by atoms with Crippen LogP contribution >= 0.6 is 11.8 Å². The number of ether oxygens (including phenoxy) is 1. The Balaban J connectivity index is 1.56. The van der Waals surface area contributed by atoms with Crippen LogP contribution < -0.4 is 10.3 Å². The summed E-state index contributed by atoms with van der Waals surface area (Å²) in [5.74, 6) is 1.52. The van der Waals surface area contributed by atoms with Crippen LogP contribution in [0.1, 0.15) is 59.9 Å². The third kappa shape index (κ3) is 4.37. The molecule has 194 valence electrons. The highest BCUT2D eigenvalue weighted by Crippen LogP contribution is 2.49. The van der Waals surface area contributed by atoms with Crippen LogP contribution in [0.4, 0.5) is 0 Å². The topological polar surface area (TPSA) is 44.1 Å². The normalized spacial score (nSPS) is 15.7. The fraction of sp³-hybridized carbons (Fsp3) is 0.333. The molecule has 0 radical (unpaired) electrons. The molecule has 4 aromatic rings. The summed E-state index contributed by atoms with van der Waals surface area (Å²) in [5.41, 5.74) is 8.81. The first-order chi connectivity index (χ1) is 18.5. The number of fused-ring (bicyclic) bond motifs is 4. The molecule has 0 saturated heterocycles. The third-order valence-electron chi connectivity index (χ3n) is 8.38. The Bertz CT molecular complexity index is 1550. The lowest BCUT2D eigenvalue weighted by Gasteiger charge is -2.42. The molecule has 3 aromatic carbocycles. The van der Waals surface area contributed by atoms with Gasteiger partial charge in [0.25, 0.3) is 5.56 Å². The largest absolute Gasteiger partial charge is 0.497 e. The summed E-state index contributed by atoms with van der Waals surface area (Å²) >= 11 is 1.64. The zero-order valence-electron chi connectivity index (χ0n) is 22.4. The van der Waals surface area contributed by atoms with E-state index < -0.39 is 0 Å². The van der Waals surface area contributed by atoms with Crippen LogP contribution in [0, 0.1) is 13.8 Å². The van der Waals surface area contributed by atoms with Gasteiger partial charge in [0.15, 0.2) is 5.16 Å². The molecule has 0 unspecified atom stereocenters. The average Bonchev–Trinajstić information content (AvgIpc) is 2.93. The SMILES string of the molecule is COc1ccc(-n2c(SCc3ccc(C)cc3C)nc3c(c2=O)C2(CCCCC2)Cc2ccccc2-3)cc1. The predicted molar refractivity (Wildman–Crippen MR) is 156 cm³/mol. The first-order valence-corrected chi connectivity index (χ1v) is 14.6. The van der Waals surface area contributed by atoms with Gasteiger partial charge >= 0.3 is 0 Å². The standard InChI is InChI=1S/C33H34N2O2S/c1-22-11-12-25(23(2)19-22)21-38-32-34-30-28-10-6-5-9-24(28)20-33(17-7-4-8-18-33)29(30)31(36)35(32)26-13-15-27(37-3)16-14-26/h5-6,9-16,19H,4,7-8,17-18,20-21H2,1-3H3. The average molecular weight is 523 g/mol. The maximum absolute atomic E-state index is 14.7. The van der Waals surface area contributed by atoms with E-state index in [4.69, 9.17) is 9.72 Å².